The van der Waals surface area contributed by atoms with E-state index >= 15 is 0 Å². The third kappa shape index (κ3) is 4.68. The lowest BCUT2D eigenvalue weighted by molar-refractivity contribution is -0.918. The van der Waals surface area contributed by atoms with E-state index in [1.165, 1.54) is 10.5 Å². The van der Waals surface area contributed by atoms with Crippen LogP contribution < -0.4 is 14.4 Å². The zero-order valence-electron chi connectivity index (χ0n) is 15.2. The Hall–Kier alpha value is -2.24. The number of hydrogen-bond donors (Lipinski definition) is 1. The van der Waals surface area contributed by atoms with Gasteiger partial charge < -0.3 is 14.4 Å². The Kier molecular flexibility index (Phi) is 6.36. The minimum Gasteiger partial charge on any atom is -0.497 e. The van der Waals surface area contributed by atoms with Crippen molar-refractivity contribution in [2.24, 2.45) is 5.10 Å². The molecule has 138 valence electrons. The van der Waals surface area contributed by atoms with Gasteiger partial charge in [0, 0.05) is 22.2 Å². The number of hydrazone groups is 1. The Morgan fingerprint density at radius 2 is 1.88 bits per heavy atom. The van der Waals surface area contributed by atoms with E-state index in [0.717, 1.165) is 54.8 Å². The fourth-order valence-corrected chi connectivity index (χ4v) is 3.29. The van der Waals surface area contributed by atoms with Gasteiger partial charge in [-0.2, -0.15) is 5.10 Å². The largest absolute Gasteiger partial charge is 0.497 e. The van der Waals surface area contributed by atoms with Crippen LogP contribution in [-0.4, -0.2) is 51.6 Å². The van der Waals surface area contributed by atoms with E-state index in [-0.39, 0.29) is 0 Å². The van der Waals surface area contributed by atoms with Crippen molar-refractivity contribution in [3.05, 3.63) is 58.6 Å². The molecule has 1 heterocycles. The van der Waals surface area contributed by atoms with E-state index in [9.17, 15) is 0 Å². The van der Waals surface area contributed by atoms with Crippen LogP contribution >= 0.6 is 11.6 Å². The Morgan fingerprint density at radius 1 is 1.12 bits per heavy atom. The smallest absolute Gasteiger partial charge is 0.131 e. The lowest BCUT2D eigenvalue weighted by atomic mass is 10.2. The van der Waals surface area contributed by atoms with Crippen molar-refractivity contribution >= 4 is 17.8 Å². The minimum absolute atomic E-state index is 0.760. The molecular formula is C20H25ClN3O2+. The van der Waals surface area contributed by atoms with Crippen LogP contribution in [0.4, 0.5) is 0 Å². The SMILES string of the molecule is COc1ccc(/C=N/N2CC[NH+](Cc3ccccc3Cl)CC2)c(OC)c1. The predicted octanol–water partition coefficient (Wildman–Crippen LogP) is 2.09. The zero-order valence-corrected chi connectivity index (χ0v) is 16.0. The van der Waals surface area contributed by atoms with Gasteiger partial charge in [0.05, 0.1) is 46.6 Å². The number of rotatable bonds is 6. The van der Waals surface area contributed by atoms with Crippen molar-refractivity contribution < 1.29 is 14.4 Å². The molecule has 26 heavy (non-hydrogen) atoms. The molecule has 1 fully saturated rings. The van der Waals surface area contributed by atoms with Gasteiger partial charge in [0.25, 0.3) is 0 Å². The second-order valence-electron chi connectivity index (χ2n) is 6.32. The molecule has 2 aromatic rings. The number of nitrogens with zero attached hydrogens (tertiary/aromatic N) is 2. The van der Waals surface area contributed by atoms with Gasteiger partial charge >= 0.3 is 0 Å². The second kappa shape index (κ2) is 8.92. The normalized spacial score (nSPS) is 15.4. The molecule has 0 aromatic heterocycles. The topological polar surface area (TPSA) is 38.5 Å². The molecule has 1 N–H and O–H groups in total. The van der Waals surface area contributed by atoms with Gasteiger partial charge in [-0.3, -0.25) is 5.01 Å². The summed E-state index contributed by atoms with van der Waals surface area (Å²) in [6.07, 6.45) is 1.86. The summed E-state index contributed by atoms with van der Waals surface area (Å²) < 4.78 is 10.6. The van der Waals surface area contributed by atoms with E-state index in [4.69, 9.17) is 21.1 Å². The number of methoxy groups -OCH3 is 2. The van der Waals surface area contributed by atoms with Gasteiger partial charge in [-0.05, 0) is 18.2 Å². The van der Waals surface area contributed by atoms with Gasteiger partial charge in [0.2, 0.25) is 0 Å². The maximum absolute atomic E-state index is 6.27. The highest BCUT2D eigenvalue weighted by Gasteiger charge is 2.19. The molecule has 2 aromatic carbocycles. The van der Waals surface area contributed by atoms with E-state index < -0.39 is 0 Å². The second-order valence-corrected chi connectivity index (χ2v) is 6.73. The Labute approximate surface area is 159 Å². The standard InChI is InChI=1S/C20H24ClN3O2/c1-25-18-8-7-16(20(13-18)26-2)14-22-24-11-9-23(10-12-24)15-17-5-3-4-6-19(17)21/h3-8,13-14H,9-12,15H2,1-2H3/p+1/b22-14+. The van der Waals surface area contributed by atoms with Crippen molar-refractivity contribution in [1.29, 1.82) is 0 Å². The molecule has 0 amide bonds. The van der Waals surface area contributed by atoms with Gasteiger partial charge in [-0.1, -0.05) is 29.8 Å². The van der Waals surface area contributed by atoms with Crippen LogP contribution in [0.15, 0.2) is 47.6 Å². The van der Waals surface area contributed by atoms with Crippen LogP contribution in [0.5, 0.6) is 11.5 Å². The molecule has 0 spiro atoms. The lowest BCUT2D eigenvalue weighted by Gasteiger charge is -2.30. The third-order valence-electron chi connectivity index (χ3n) is 4.65. The van der Waals surface area contributed by atoms with Crippen molar-refractivity contribution in [2.75, 3.05) is 40.4 Å². The molecule has 5 nitrogen and oxygen atoms in total. The highest BCUT2D eigenvalue weighted by molar-refractivity contribution is 6.31. The zero-order chi connectivity index (χ0) is 18.4. The molecule has 0 aliphatic carbocycles. The molecule has 0 saturated carbocycles. The molecule has 0 radical (unpaired) electrons. The van der Waals surface area contributed by atoms with Crippen molar-refractivity contribution in [3.63, 3.8) is 0 Å². The number of quaternary nitrogens is 1. The van der Waals surface area contributed by atoms with Crippen molar-refractivity contribution in [1.82, 2.24) is 5.01 Å². The molecule has 1 aliphatic rings. The van der Waals surface area contributed by atoms with E-state index in [0.29, 0.717) is 0 Å². The summed E-state index contributed by atoms with van der Waals surface area (Å²) >= 11 is 6.27. The van der Waals surface area contributed by atoms with Crippen molar-refractivity contribution in [2.45, 2.75) is 6.54 Å². The predicted molar refractivity (Wildman–Crippen MR) is 105 cm³/mol. The van der Waals surface area contributed by atoms with E-state index in [1.807, 2.05) is 42.6 Å². The molecule has 0 bridgehead atoms. The maximum Gasteiger partial charge on any atom is 0.131 e. The summed E-state index contributed by atoms with van der Waals surface area (Å²) in [6, 6.07) is 13.8. The number of nitrogens with one attached hydrogen (secondary N) is 1. The third-order valence-corrected chi connectivity index (χ3v) is 5.01. The first-order chi connectivity index (χ1) is 12.7. The van der Waals surface area contributed by atoms with Crippen LogP contribution in [0.25, 0.3) is 0 Å². The average Bonchev–Trinajstić information content (AvgIpc) is 2.69. The van der Waals surface area contributed by atoms with Crippen LogP contribution in [0.1, 0.15) is 11.1 Å². The van der Waals surface area contributed by atoms with Gasteiger partial charge in [0.15, 0.2) is 0 Å². The monoisotopic (exact) mass is 374 g/mol. The highest BCUT2D eigenvalue weighted by Crippen LogP contribution is 2.23. The lowest BCUT2D eigenvalue weighted by Crippen LogP contribution is -3.13. The first kappa shape index (κ1) is 18.5. The molecule has 1 aliphatic heterocycles. The quantitative estimate of drug-likeness (QED) is 0.787. The number of hydrogen-bond acceptors (Lipinski definition) is 4. The Bertz CT molecular complexity index is 758. The molecule has 3 rings (SSSR count). The van der Waals surface area contributed by atoms with Crippen LogP contribution in [-0.2, 0) is 6.54 Å². The number of piperazine rings is 1. The molecular weight excluding hydrogens is 350 g/mol. The van der Waals surface area contributed by atoms with E-state index in [1.54, 1.807) is 14.2 Å². The molecule has 0 unspecified atom stereocenters. The first-order valence-electron chi connectivity index (χ1n) is 8.77. The summed E-state index contributed by atoms with van der Waals surface area (Å²) in [5, 5.41) is 7.59. The van der Waals surface area contributed by atoms with Gasteiger partial charge in [0.1, 0.15) is 18.0 Å². The van der Waals surface area contributed by atoms with Crippen LogP contribution in [0.2, 0.25) is 5.02 Å². The maximum atomic E-state index is 6.27. The van der Waals surface area contributed by atoms with Gasteiger partial charge in [-0.15, -0.1) is 0 Å². The van der Waals surface area contributed by atoms with Crippen LogP contribution in [0, 0.1) is 0 Å². The first-order valence-corrected chi connectivity index (χ1v) is 9.15. The van der Waals surface area contributed by atoms with Crippen LogP contribution in [0.3, 0.4) is 0 Å². The Morgan fingerprint density at radius 3 is 2.58 bits per heavy atom. The fraction of sp³-hybridized carbons (Fsp3) is 0.350. The summed E-state index contributed by atoms with van der Waals surface area (Å²) in [4.78, 5) is 1.53. The number of ether oxygens (including phenoxy) is 2. The fourth-order valence-electron chi connectivity index (χ4n) is 3.08. The summed E-state index contributed by atoms with van der Waals surface area (Å²) in [7, 11) is 3.30. The molecule has 0 atom stereocenters. The average molecular weight is 375 g/mol. The summed E-state index contributed by atoms with van der Waals surface area (Å²) in [5.41, 5.74) is 2.16. The molecule has 6 heteroatoms. The molecule has 1 saturated heterocycles. The summed E-state index contributed by atoms with van der Waals surface area (Å²) in [5.74, 6) is 1.53. The van der Waals surface area contributed by atoms with Crippen molar-refractivity contribution in [3.8, 4) is 11.5 Å². The van der Waals surface area contributed by atoms with Gasteiger partial charge in [-0.25, -0.2) is 0 Å². The minimum atomic E-state index is 0.760. The number of benzene rings is 2. The number of halogens is 1. The summed E-state index contributed by atoms with van der Waals surface area (Å²) in [6.45, 7) is 4.90. The van der Waals surface area contributed by atoms with E-state index in [2.05, 4.69) is 16.2 Å². The highest BCUT2D eigenvalue weighted by atomic mass is 35.5. The Balaban J connectivity index is 1.55.